The number of hydrogen-bond acceptors (Lipinski definition) is 3. The summed E-state index contributed by atoms with van der Waals surface area (Å²) in [4.78, 5) is 0. The summed E-state index contributed by atoms with van der Waals surface area (Å²) in [6.07, 6.45) is 1.13. The molecule has 21 heavy (non-hydrogen) atoms. The summed E-state index contributed by atoms with van der Waals surface area (Å²) >= 11 is 6.08. The average molecular weight is 325 g/mol. The first-order valence-corrected chi connectivity index (χ1v) is 8.67. The van der Waals surface area contributed by atoms with Crippen molar-refractivity contribution in [3.05, 3.63) is 58.6 Å². The van der Waals surface area contributed by atoms with Gasteiger partial charge in [0.1, 0.15) is 0 Å². The van der Waals surface area contributed by atoms with E-state index in [2.05, 4.69) is 10.0 Å². The van der Waals surface area contributed by atoms with Crippen LogP contribution in [0.25, 0.3) is 0 Å². The lowest BCUT2D eigenvalue weighted by Crippen LogP contribution is -2.09. The molecule has 2 aromatic rings. The topological polar surface area (TPSA) is 58.2 Å². The fraction of sp³-hybridized carbons (Fsp3) is 0.200. The molecule has 6 heteroatoms. The van der Waals surface area contributed by atoms with Crippen molar-refractivity contribution >= 4 is 33.0 Å². The molecule has 0 bridgehead atoms. The van der Waals surface area contributed by atoms with Crippen LogP contribution in [-0.4, -0.2) is 14.7 Å². The molecular formula is C15H17ClN2O2S. The van der Waals surface area contributed by atoms with E-state index in [0.29, 0.717) is 12.2 Å². The van der Waals surface area contributed by atoms with Crippen molar-refractivity contribution in [1.29, 1.82) is 0 Å². The Balaban J connectivity index is 1.99. The minimum atomic E-state index is -3.24. The van der Waals surface area contributed by atoms with Gasteiger partial charge in [-0.2, -0.15) is 0 Å². The minimum absolute atomic E-state index is 0.543. The second-order valence-electron chi connectivity index (χ2n) is 4.89. The highest BCUT2D eigenvalue weighted by Gasteiger charge is 2.02. The molecule has 0 aliphatic rings. The van der Waals surface area contributed by atoms with E-state index in [9.17, 15) is 8.42 Å². The first-order valence-electron chi connectivity index (χ1n) is 6.40. The monoisotopic (exact) mass is 324 g/mol. The van der Waals surface area contributed by atoms with Gasteiger partial charge in [-0.25, -0.2) is 8.42 Å². The number of nitrogens with one attached hydrogen (secondary N) is 2. The van der Waals surface area contributed by atoms with Crippen LogP contribution in [0.5, 0.6) is 0 Å². The summed E-state index contributed by atoms with van der Waals surface area (Å²) in [6, 6.07) is 13.0. The van der Waals surface area contributed by atoms with Crippen LogP contribution in [0, 0.1) is 6.92 Å². The number of aryl methyl sites for hydroxylation is 1. The fourth-order valence-corrected chi connectivity index (χ4v) is 2.59. The van der Waals surface area contributed by atoms with Crippen LogP contribution in [0.1, 0.15) is 11.1 Å². The van der Waals surface area contributed by atoms with E-state index >= 15 is 0 Å². The maximum Gasteiger partial charge on any atom is 0.229 e. The van der Waals surface area contributed by atoms with Crippen molar-refractivity contribution in [2.45, 2.75) is 13.5 Å². The van der Waals surface area contributed by atoms with Crippen LogP contribution in [0.4, 0.5) is 11.4 Å². The highest BCUT2D eigenvalue weighted by Crippen LogP contribution is 2.19. The molecule has 0 heterocycles. The van der Waals surface area contributed by atoms with Gasteiger partial charge in [-0.15, -0.1) is 0 Å². The molecule has 0 fully saturated rings. The van der Waals surface area contributed by atoms with Crippen LogP contribution in [0.2, 0.25) is 5.02 Å². The number of benzene rings is 2. The molecule has 0 aliphatic heterocycles. The summed E-state index contributed by atoms with van der Waals surface area (Å²) in [6.45, 7) is 2.62. The molecule has 0 amide bonds. The van der Waals surface area contributed by atoms with E-state index in [1.807, 2.05) is 37.3 Å². The van der Waals surface area contributed by atoms with E-state index < -0.39 is 10.0 Å². The smallest absolute Gasteiger partial charge is 0.229 e. The third-order valence-corrected chi connectivity index (χ3v) is 3.93. The molecule has 0 radical (unpaired) electrons. The van der Waals surface area contributed by atoms with Gasteiger partial charge in [0, 0.05) is 22.9 Å². The predicted molar refractivity (Wildman–Crippen MR) is 88.4 cm³/mol. The van der Waals surface area contributed by atoms with Gasteiger partial charge in [-0.3, -0.25) is 4.72 Å². The Labute approximate surface area is 130 Å². The third kappa shape index (κ3) is 4.95. The average Bonchev–Trinajstić information content (AvgIpc) is 2.40. The maximum absolute atomic E-state index is 11.1. The third-order valence-electron chi connectivity index (χ3n) is 2.92. The number of anilines is 2. The van der Waals surface area contributed by atoms with Crippen molar-refractivity contribution in [2.24, 2.45) is 0 Å². The molecule has 2 rings (SSSR count). The predicted octanol–water partition coefficient (Wildman–Crippen LogP) is 3.63. The highest BCUT2D eigenvalue weighted by atomic mass is 35.5. The number of hydrogen-bond donors (Lipinski definition) is 2. The molecule has 0 saturated heterocycles. The van der Waals surface area contributed by atoms with Crippen LogP contribution in [-0.2, 0) is 16.6 Å². The Hall–Kier alpha value is -1.72. The Morgan fingerprint density at radius 1 is 1.05 bits per heavy atom. The number of halogens is 1. The second kappa shape index (κ2) is 6.37. The summed E-state index contributed by atoms with van der Waals surface area (Å²) < 4.78 is 24.7. The molecule has 0 atom stereocenters. The van der Waals surface area contributed by atoms with Crippen LogP contribution in [0.15, 0.2) is 42.5 Å². The van der Waals surface area contributed by atoms with E-state index in [0.717, 1.165) is 28.1 Å². The summed E-state index contributed by atoms with van der Waals surface area (Å²) in [7, 11) is -3.24. The molecular weight excluding hydrogens is 308 g/mol. The Morgan fingerprint density at radius 2 is 1.67 bits per heavy atom. The van der Waals surface area contributed by atoms with Crippen LogP contribution >= 0.6 is 11.6 Å². The molecule has 0 unspecified atom stereocenters. The van der Waals surface area contributed by atoms with Crippen molar-refractivity contribution in [3.63, 3.8) is 0 Å². The van der Waals surface area contributed by atoms with Gasteiger partial charge < -0.3 is 5.32 Å². The number of rotatable bonds is 5. The van der Waals surface area contributed by atoms with Crippen LogP contribution < -0.4 is 10.0 Å². The zero-order valence-corrected chi connectivity index (χ0v) is 13.4. The molecule has 0 aliphatic carbocycles. The molecule has 0 spiro atoms. The quantitative estimate of drug-likeness (QED) is 0.883. The summed E-state index contributed by atoms with van der Waals surface area (Å²) in [5, 5.41) is 4.01. The Morgan fingerprint density at radius 3 is 2.24 bits per heavy atom. The fourth-order valence-electron chi connectivity index (χ4n) is 1.82. The molecule has 0 saturated carbocycles. The molecule has 4 nitrogen and oxygen atoms in total. The molecule has 0 aromatic heterocycles. The Bertz CT molecular complexity index is 728. The lowest BCUT2D eigenvalue weighted by molar-refractivity contribution is 0.607. The zero-order chi connectivity index (χ0) is 15.5. The van der Waals surface area contributed by atoms with Crippen molar-refractivity contribution in [1.82, 2.24) is 0 Å². The van der Waals surface area contributed by atoms with Gasteiger partial charge in [0.2, 0.25) is 10.0 Å². The summed E-state index contributed by atoms with van der Waals surface area (Å²) in [5.74, 6) is 0. The second-order valence-corrected chi connectivity index (χ2v) is 7.04. The normalized spacial score (nSPS) is 11.2. The van der Waals surface area contributed by atoms with Crippen molar-refractivity contribution in [2.75, 3.05) is 16.3 Å². The molecule has 112 valence electrons. The first-order chi connectivity index (χ1) is 9.83. The minimum Gasteiger partial charge on any atom is -0.381 e. The number of sulfonamides is 1. The molecule has 2 aromatic carbocycles. The van der Waals surface area contributed by atoms with Gasteiger partial charge in [0.25, 0.3) is 0 Å². The van der Waals surface area contributed by atoms with E-state index in [1.165, 1.54) is 0 Å². The van der Waals surface area contributed by atoms with Gasteiger partial charge in [-0.1, -0.05) is 23.7 Å². The lowest BCUT2D eigenvalue weighted by atomic mass is 10.1. The van der Waals surface area contributed by atoms with Gasteiger partial charge in [0.15, 0.2) is 0 Å². The zero-order valence-electron chi connectivity index (χ0n) is 11.9. The molecule has 2 N–H and O–H groups in total. The van der Waals surface area contributed by atoms with Gasteiger partial charge in [0.05, 0.1) is 6.26 Å². The summed E-state index contributed by atoms with van der Waals surface area (Å²) in [5.41, 5.74) is 3.59. The Kier molecular flexibility index (Phi) is 4.75. The largest absolute Gasteiger partial charge is 0.381 e. The van der Waals surface area contributed by atoms with E-state index in [4.69, 9.17) is 11.6 Å². The van der Waals surface area contributed by atoms with Crippen molar-refractivity contribution in [3.8, 4) is 0 Å². The van der Waals surface area contributed by atoms with Gasteiger partial charge in [-0.05, 0) is 48.4 Å². The SMILES string of the molecule is Cc1ccc(CNc2ccc(NS(C)(=O)=O)cc2)cc1Cl. The van der Waals surface area contributed by atoms with E-state index in [1.54, 1.807) is 12.1 Å². The maximum atomic E-state index is 11.1. The lowest BCUT2D eigenvalue weighted by Gasteiger charge is -2.09. The first kappa shape index (κ1) is 15.7. The standard InChI is InChI=1S/C15H17ClN2O2S/c1-11-3-4-12(9-15(11)16)10-17-13-5-7-14(8-6-13)18-21(2,19)20/h3-9,17-18H,10H2,1-2H3. The van der Waals surface area contributed by atoms with Crippen molar-refractivity contribution < 1.29 is 8.42 Å². The van der Waals surface area contributed by atoms with E-state index in [-0.39, 0.29) is 0 Å². The van der Waals surface area contributed by atoms with Crippen LogP contribution in [0.3, 0.4) is 0 Å². The highest BCUT2D eigenvalue weighted by molar-refractivity contribution is 7.92. The van der Waals surface area contributed by atoms with Gasteiger partial charge >= 0.3 is 0 Å².